The highest BCUT2D eigenvalue weighted by Gasteiger charge is 2.29. The highest BCUT2D eigenvalue weighted by molar-refractivity contribution is 5.94. The van der Waals surface area contributed by atoms with Crippen LogP contribution in [0.15, 0.2) is 24.3 Å². The molecule has 2 amide bonds. The summed E-state index contributed by atoms with van der Waals surface area (Å²) in [5.41, 5.74) is 0.269. The number of carbonyl (C=O) groups excluding carboxylic acids is 2. The molecule has 0 spiro atoms. The zero-order valence-corrected chi connectivity index (χ0v) is 14.9. The van der Waals surface area contributed by atoms with Crippen molar-refractivity contribution >= 4 is 23.5 Å². The number of carboxylic acid groups (broad SMARTS) is 1. The van der Waals surface area contributed by atoms with Crippen LogP contribution in [-0.4, -0.2) is 40.9 Å². The highest BCUT2D eigenvalue weighted by atomic mass is 16.4. The van der Waals surface area contributed by atoms with Gasteiger partial charge in [0.2, 0.25) is 11.8 Å². The summed E-state index contributed by atoms with van der Waals surface area (Å²) in [5.74, 6) is -1.10. The topological polar surface area (TPSA) is 86.7 Å². The Morgan fingerprint density at radius 2 is 1.76 bits per heavy atom. The van der Waals surface area contributed by atoms with Gasteiger partial charge in [-0.25, -0.2) is 0 Å². The van der Waals surface area contributed by atoms with Crippen LogP contribution in [0.1, 0.15) is 51.5 Å². The molecule has 0 saturated carbocycles. The van der Waals surface area contributed by atoms with Crippen molar-refractivity contribution in [3.05, 3.63) is 29.8 Å². The SMILES string of the molecule is CC(C)(C(=O)O)c1ccc(NC(=O)CN2CCCCCCC2=O)cc1. The van der Waals surface area contributed by atoms with Gasteiger partial charge in [-0.3, -0.25) is 14.4 Å². The molecule has 1 aliphatic heterocycles. The van der Waals surface area contributed by atoms with Crippen LogP contribution in [0, 0.1) is 0 Å². The van der Waals surface area contributed by atoms with Crippen molar-refractivity contribution in [2.75, 3.05) is 18.4 Å². The predicted octanol–water partition coefficient (Wildman–Crippen LogP) is 2.78. The Morgan fingerprint density at radius 3 is 2.40 bits per heavy atom. The van der Waals surface area contributed by atoms with Crippen molar-refractivity contribution in [1.82, 2.24) is 4.90 Å². The fourth-order valence-electron chi connectivity index (χ4n) is 2.85. The van der Waals surface area contributed by atoms with Crippen LogP contribution >= 0.6 is 0 Å². The summed E-state index contributed by atoms with van der Waals surface area (Å²) < 4.78 is 0. The van der Waals surface area contributed by atoms with E-state index < -0.39 is 11.4 Å². The van der Waals surface area contributed by atoms with Crippen LogP contribution in [-0.2, 0) is 19.8 Å². The van der Waals surface area contributed by atoms with Crippen LogP contribution in [0.3, 0.4) is 0 Å². The van der Waals surface area contributed by atoms with Gasteiger partial charge in [0.15, 0.2) is 0 Å². The fourth-order valence-corrected chi connectivity index (χ4v) is 2.85. The molecule has 6 heteroatoms. The summed E-state index contributed by atoms with van der Waals surface area (Å²) in [7, 11) is 0. The molecule has 0 atom stereocenters. The normalized spacial score (nSPS) is 16.1. The molecule has 0 aliphatic carbocycles. The molecule has 1 fully saturated rings. The first kappa shape index (κ1) is 19.0. The van der Waals surface area contributed by atoms with Crippen LogP contribution in [0.4, 0.5) is 5.69 Å². The molecule has 0 radical (unpaired) electrons. The van der Waals surface area contributed by atoms with Crippen molar-refractivity contribution in [3.63, 3.8) is 0 Å². The summed E-state index contributed by atoms with van der Waals surface area (Å²) in [6, 6.07) is 6.77. The number of nitrogens with zero attached hydrogens (tertiary/aromatic N) is 1. The van der Waals surface area contributed by atoms with E-state index in [4.69, 9.17) is 0 Å². The van der Waals surface area contributed by atoms with E-state index in [1.165, 1.54) is 0 Å². The molecule has 1 aromatic carbocycles. The first-order valence-corrected chi connectivity index (χ1v) is 8.72. The molecule has 1 aliphatic rings. The lowest BCUT2D eigenvalue weighted by Gasteiger charge is -2.24. The van der Waals surface area contributed by atoms with Crippen molar-refractivity contribution < 1.29 is 19.5 Å². The zero-order chi connectivity index (χ0) is 18.4. The first-order chi connectivity index (χ1) is 11.8. The summed E-state index contributed by atoms with van der Waals surface area (Å²) in [6.45, 7) is 3.95. The molecule has 2 rings (SSSR count). The number of amides is 2. The molecule has 0 bridgehead atoms. The number of likely N-dealkylation sites (tertiary alicyclic amines) is 1. The van der Waals surface area contributed by atoms with Crippen molar-refractivity contribution in [2.24, 2.45) is 0 Å². The summed E-state index contributed by atoms with van der Waals surface area (Å²) in [6.07, 6.45) is 4.49. The number of benzene rings is 1. The number of nitrogens with one attached hydrogen (secondary N) is 1. The Bertz CT molecular complexity index is 637. The van der Waals surface area contributed by atoms with E-state index in [1.54, 1.807) is 43.0 Å². The number of rotatable bonds is 5. The van der Waals surface area contributed by atoms with Crippen molar-refractivity contribution in [2.45, 2.75) is 51.4 Å². The minimum absolute atomic E-state index is 0.0356. The van der Waals surface area contributed by atoms with Crippen molar-refractivity contribution in [1.29, 1.82) is 0 Å². The minimum atomic E-state index is -0.987. The summed E-state index contributed by atoms with van der Waals surface area (Å²) >= 11 is 0. The van der Waals surface area contributed by atoms with Crippen LogP contribution in [0.5, 0.6) is 0 Å². The summed E-state index contributed by atoms with van der Waals surface area (Å²) in [4.78, 5) is 37.2. The molecule has 25 heavy (non-hydrogen) atoms. The van der Waals surface area contributed by atoms with Crippen LogP contribution in [0.2, 0.25) is 0 Å². The summed E-state index contributed by atoms with van der Waals surface area (Å²) in [5, 5.41) is 12.0. The van der Waals surface area contributed by atoms with E-state index in [0.717, 1.165) is 25.7 Å². The van der Waals surface area contributed by atoms with Gasteiger partial charge < -0.3 is 15.3 Å². The lowest BCUT2D eigenvalue weighted by atomic mass is 9.85. The lowest BCUT2D eigenvalue weighted by Crippen LogP contribution is -2.39. The second kappa shape index (κ2) is 8.14. The standard InChI is InChI=1S/C19H26N2O4/c1-19(2,18(24)25)14-8-10-15(11-9-14)20-16(22)13-21-12-6-4-3-5-7-17(21)23/h8-11H,3-7,12-13H2,1-2H3,(H,20,22)(H,24,25). The van der Waals surface area contributed by atoms with Gasteiger partial charge in [-0.2, -0.15) is 0 Å². The van der Waals surface area contributed by atoms with E-state index in [2.05, 4.69) is 5.32 Å². The van der Waals surface area contributed by atoms with Gasteiger partial charge in [0.25, 0.3) is 0 Å². The van der Waals surface area contributed by atoms with Gasteiger partial charge in [-0.05, 0) is 44.4 Å². The molecular weight excluding hydrogens is 320 g/mol. The third-order valence-electron chi connectivity index (χ3n) is 4.68. The van der Waals surface area contributed by atoms with Gasteiger partial charge in [-0.1, -0.05) is 25.0 Å². The molecule has 1 aromatic rings. The smallest absolute Gasteiger partial charge is 0.313 e. The zero-order valence-electron chi connectivity index (χ0n) is 14.9. The van der Waals surface area contributed by atoms with Gasteiger partial charge in [0.05, 0.1) is 12.0 Å². The maximum atomic E-state index is 12.2. The molecular formula is C19H26N2O4. The molecule has 1 saturated heterocycles. The molecule has 1 heterocycles. The number of hydrogen-bond acceptors (Lipinski definition) is 3. The number of carbonyl (C=O) groups is 3. The van der Waals surface area contributed by atoms with E-state index in [-0.39, 0.29) is 18.4 Å². The van der Waals surface area contributed by atoms with E-state index in [9.17, 15) is 19.5 Å². The predicted molar refractivity (Wildman–Crippen MR) is 95.4 cm³/mol. The average molecular weight is 346 g/mol. The Hall–Kier alpha value is -2.37. The molecule has 2 N–H and O–H groups in total. The van der Waals surface area contributed by atoms with Gasteiger partial charge in [0, 0.05) is 18.7 Å². The van der Waals surface area contributed by atoms with Gasteiger partial charge in [0.1, 0.15) is 0 Å². The third kappa shape index (κ3) is 5.05. The number of hydrogen-bond donors (Lipinski definition) is 2. The minimum Gasteiger partial charge on any atom is -0.481 e. The van der Waals surface area contributed by atoms with Crippen molar-refractivity contribution in [3.8, 4) is 0 Å². The molecule has 6 nitrogen and oxygen atoms in total. The van der Waals surface area contributed by atoms with E-state index in [1.807, 2.05) is 0 Å². The Morgan fingerprint density at radius 1 is 1.12 bits per heavy atom. The average Bonchev–Trinajstić information content (AvgIpc) is 2.55. The maximum absolute atomic E-state index is 12.2. The number of carboxylic acids is 1. The largest absolute Gasteiger partial charge is 0.481 e. The first-order valence-electron chi connectivity index (χ1n) is 8.72. The number of anilines is 1. The fraction of sp³-hybridized carbons (Fsp3) is 0.526. The second-order valence-electron chi connectivity index (χ2n) is 7.04. The molecule has 0 unspecified atom stereocenters. The van der Waals surface area contributed by atoms with Crippen LogP contribution < -0.4 is 5.32 Å². The quantitative estimate of drug-likeness (QED) is 0.858. The second-order valence-corrected chi connectivity index (χ2v) is 7.04. The lowest BCUT2D eigenvalue weighted by molar-refractivity contribution is -0.142. The third-order valence-corrected chi connectivity index (χ3v) is 4.68. The van der Waals surface area contributed by atoms with Gasteiger partial charge >= 0.3 is 5.97 Å². The Labute approximate surface area is 148 Å². The number of aliphatic carboxylic acids is 1. The monoisotopic (exact) mass is 346 g/mol. The van der Waals surface area contributed by atoms with Crippen LogP contribution in [0.25, 0.3) is 0 Å². The Kier molecular flexibility index (Phi) is 6.17. The Balaban J connectivity index is 1.96. The molecule has 136 valence electrons. The van der Waals surface area contributed by atoms with Gasteiger partial charge in [-0.15, -0.1) is 0 Å². The molecule has 0 aromatic heterocycles. The highest BCUT2D eigenvalue weighted by Crippen LogP contribution is 2.24. The van der Waals surface area contributed by atoms with E-state index >= 15 is 0 Å². The maximum Gasteiger partial charge on any atom is 0.313 e. The van der Waals surface area contributed by atoms with E-state index in [0.29, 0.717) is 24.2 Å².